The second-order valence-corrected chi connectivity index (χ2v) is 19.5. The number of Topliss-reactive ketones (excluding diaryl/α,β-unsaturated/α-hetero) is 3. The highest BCUT2D eigenvalue weighted by molar-refractivity contribution is 6.39. The first kappa shape index (κ1) is 54.2. The average Bonchev–Trinajstić information content (AvgIpc) is 3.28. The van der Waals surface area contributed by atoms with Gasteiger partial charge >= 0.3 is 5.97 Å². The van der Waals surface area contributed by atoms with Gasteiger partial charge < -0.3 is 38.8 Å². The van der Waals surface area contributed by atoms with Crippen LogP contribution in [0.15, 0.2) is 47.6 Å². The Hall–Kier alpha value is -3.40. The number of rotatable bonds is 6. The number of fused-ring (bicyclic) bond motifs is 3. The topological polar surface area (TPSA) is 175 Å². The highest BCUT2D eigenvalue weighted by Gasteiger charge is 2.53. The summed E-state index contributed by atoms with van der Waals surface area (Å²) in [7, 11) is 4.42. The van der Waals surface area contributed by atoms with E-state index >= 15 is 4.39 Å². The predicted molar refractivity (Wildman–Crippen MR) is 244 cm³/mol. The number of hydrogen-bond acceptors (Lipinski definition) is 12. The normalized spacial score (nSPS) is 39.1. The number of allylic oxidation sites excluding steroid dienone is 6. The first-order valence-electron chi connectivity index (χ1n) is 23.9. The van der Waals surface area contributed by atoms with E-state index in [-0.39, 0.29) is 60.4 Å². The molecule has 0 aromatic heterocycles. The molecule has 4 aliphatic rings. The quantitative estimate of drug-likeness (QED) is 0.157. The molecule has 4 rings (SSSR count). The summed E-state index contributed by atoms with van der Waals surface area (Å²) >= 11 is 0. The summed E-state index contributed by atoms with van der Waals surface area (Å²) in [5.74, 6) is -8.44. The summed E-state index contributed by atoms with van der Waals surface area (Å²) in [5.41, 5.74) is 1.03. The van der Waals surface area contributed by atoms with Crippen LogP contribution in [0, 0.1) is 35.5 Å². The minimum atomic E-state index is -2.44. The zero-order valence-electron chi connectivity index (χ0n) is 40.5. The zero-order chi connectivity index (χ0) is 48.2. The lowest BCUT2D eigenvalue weighted by Crippen LogP contribution is -2.61. The van der Waals surface area contributed by atoms with Gasteiger partial charge in [-0.3, -0.25) is 19.2 Å². The van der Waals surface area contributed by atoms with E-state index in [0.717, 1.165) is 5.57 Å². The number of aliphatic hydroxyl groups is 2. The van der Waals surface area contributed by atoms with E-state index in [0.29, 0.717) is 64.2 Å². The number of carbonyl (C=O) groups is 5. The molecule has 13 nitrogen and oxygen atoms in total. The van der Waals surface area contributed by atoms with Crippen molar-refractivity contribution in [3.8, 4) is 0 Å². The number of nitrogens with zero attached hydrogens (tertiary/aromatic N) is 1. The van der Waals surface area contributed by atoms with Gasteiger partial charge in [0.25, 0.3) is 11.7 Å². The van der Waals surface area contributed by atoms with Crippen LogP contribution in [-0.4, -0.2) is 127 Å². The molecular formula is C51H78FNO12. The number of esters is 1. The number of ketones is 3. The third kappa shape index (κ3) is 14.3. The predicted octanol–water partition coefficient (Wildman–Crippen LogP) is 7.16. The van der Waals surface area contributed by atoms with Crippen LogP contribution in [0.1, 0.15) is 126 Å². The van der Waals surface area contributed by atoms with Crippen LogP contribution in [0.25, 0.3) is 0 Å². The van der Waals surface area contributed by atoms with Gasteiger partial charge in [-0.05, 0) is 107 Å². The van der Waals surface area contributed by atoms with Gasteiger partial charge in [-0.2, -0.15) is 0 Å². The maximum Gasteiger partial charge on any atom is 0.329 e. The standard InChI is InChI=1S/C51H78FNO12/c1-30-16-12-11-13-17-31(2)42(61-8)28-38-21-19-36(7)51(60,65-38)48(57)49(58)53-23-15-14-18-39(53)50(59)64-43(33(4)26-37-20-22-40(54)44(27-37)62-9)29-41(55)32(3)25-34(5)45(52)47(63-10)46(56)35(6)24-30/h11-13,16-17,25,30,32-33,35-40,42-45,47,54,60H,14-15,18-24,26-29H2,1-10H3/b13-11?,16-12+,31-17?,34-25+/t30-,32-,33-,35-,36-,37?,38+,39?,40-,42+,43+,44-,45-,47-,51-/m1/s1. The van der Waals surface area contributed by atoms with Crippen molar-refractivity contribution in [1.82, 2.24) is 4.90 Å². The van der Waals surface area contributed by atoms with E-state index in [2.05, 4.69) is 0 Å². The molecule has 2 saturated heterocycles. The second-order valence-electron chi connectivity index (χ2n) is 19.5. The van der Waals surface area contributed by atoms with Gasteiger partial charge in [-0.15, -0.1) is 0 Å². The highest BCUT2D eigenvalue weighted by atomic mass is 19.1. The molecule has 0 radical (unpaired) electrons. The number of alkyl halides is 1. The van der Waals surface area contributed by atoms with Gasteiger partial charge in [0.1, 0.15) is 17.9 Å². The number of methoxy groups -OCH3 is 3. The Morgan fingerprint density at radius 3 is 2.28 bits per heavy atom. The van der Waals surface area contributed by atoms with E-state index in [1.54, 1.807) is 35.0 Å². The average molecular weight is 916 g/mol. The lowest BCUT2D eigenvalue weighted by Gasteiger charge is -2.42. The zero-order valence-corrected chi connectivity index (χ0v) is 40.5. The van der Waals surface area contributed by atoms with Crippen LogP contribution in [0.3, 0.4) is 0 Å². The number of aliphatic hydroxyl groups excluding tert-OH is 1. The van der Waals surface area contributed by atoms with E-state index in [4.69, 9.17) is 23.7 Å². The summed E-state index contributed by atoms with van der Waals surface area (Å²) in [6.07, 6.45) is 9.94. The monoisotopic (exact) mass is 916 g/mol. The van der Waals surface area contributed by atoms with Crippen molar-refractivity contribution in [1.29, 1.82) is 0 Å². The maximum absolute atomic E-state index is 16.2. The van der Waals surface area contributed by atoms with Crippen molar-refractivity contribution in [2.75, 3.05) is 27.9 Å². The Morgan fingerprint density at radius 2 is 1.60 bits per heavy atom. The first-order chi connectivity index (χ1) is 30.7. The number of ether oxygens (including phenoxy) is 5. The minimum absolute atomic E-state index is 0.0215. The molecule has 1 amide bonds. The fourth-order valence-electron chi connectivity index (χ4n) is 10.1. The smallest absolute Gasteiger partial charge is 0.329 e. The molecule has 0 aromatic carbocycles. The molecule has 15 atom stereocenters. The summed E-state index contributed by atoms with van der Waals surface area (Å²) in [6, 6.07) is -1.16. The Labute approximate surface area is 386 Å². The molecular weight excluding hydrogens is 838 g/mol. The fraction of sp³-hybridized carbons (Fsp3) is 0.745. The summed E-state index contributed by atoms with van der Waals surface area (Å²) in [6.45, 7) is 12.4. The van der Waals surface area contributed by atoms with Crippen LogP contribution in [0.2, 0.25) is 0 Å². The second kappa shape index (κ2) is 25.1. The molecule has 1 aliphatic carbocycles. The lowest BCUT2D eigenvalue weighted by molar-refractivity contribution is -0.265. The molecule has 366 valence electrons. The SMILES string of the molecule is CO[C@H]1C[C@@H]2CC[C@@H](C)[C@@](O)(O2)C(=O)C(=O)N2CCCCC2C(=O)O[C@H]([C@H](C)CC2CC[C@@H](O)[C@H](OC)C2)CC(=O)[C@H](C)/C=C(\C)[C@@H](F)[C@@H](OC)C(=O)[C@H](C)C[C@H](C)/C=C/C=CC=C1C. The van der Waals surface area contributed by atoms with Crippen LogP contribution in [0.5, 0.6) is 0 Å². The van der Waals surface area contributed by atoms with Gasteiger partial charge in [0.05, 0.1) is 24.4 Å². The first-order valence-corrected chi connectivity index (χ1v) is 23.9. The van der Waals surface area contributed by atoms with Crippen LogP contribution < -0.4 is 0 Å². The van der Waals surface area contributed by atoms with Crippen molar-refractivity contribution >= 4 is 29.2 Å². The summed E-state index contributed by atoms with van der Waals surface area (Å²) in [5, 5.41) is 22.4. The van der Waals surface area contributed by atoms with E-state index in [1.165, 1.54) is 25.0 Å². The van der Waals surface area contributed by atoms with Gasteiger partial charge in [0.2, 0.25) is 5.79 Å². The Kier molecular flexibility index (Phi) is 20.9. The number of piperidine rings is 1. The van der Waals surface area contributed by atoms with Crippen LogP contribution in [-0.2, 0) is 47.7 Å². The minimum Gasteiger partial charge on any atom is -0.460 e. The summed E-state index contributed by atoms with van der Waals surface area (Å²) < 4.78 is 45.4. The van der Waals surface area contributed by atoms with Gasteiger partial charge in [-0.1, -0.05) is 71.1 Å². The third-order valence-corrected chi connectivity index (χ3v) is 14.4. The van der Waals surface area contributed by atoms with Gasteiger partial charge in [0, 0.05) is 58.5 Å². The molecule has 2 unspecified atom stereocenters. The van der Waals surface area contributed by atoms with E-state index < -0.39 is 83.9 Å². The lowest BCUT2D eigenvalue weighted by atomic mass is 9.78. The van der Waals surface area contributed by atoms with Gasteiger partial charge in [-0.25, -0.2) is 9.18 Å². The largest absolute Gasteiger partial charge is 0.460 e. The fourth-order valence-corrected chi connectivity index (χ4v) is 10.1. The Balaban J connectivity index is 1.70. The van der Waals surface area contributed by atoms with Crippen molar-refractivity contribution in [3.63, 3.8) is 0 Å². The van der Waals surface area contributed by atoms with Crippen molar-refractivity contribution in [2.24, 2.45) is 35.5 Å². The molecule has 2 bridgehead atoms. The molecule has 3 heterocycles. The maximum atomic E-state index is 16.2. The third-order valence-electron chi connectivity index (χ3n) is 14.4. The molecule has 14 heteroatoms. The molecule has 3 aliphatic heterocycles. The van der Waals surface area contributed by atoms with Crippen LogP contribution in [0.4, 0.5) is 4.39 Å². The number of cyclic esters (lactones) is 1. The Bertz CT molecular complexity index is 1760. The molecule has 2 N–H and O–H groups in total. The van der Waals surface area contributed by atoms with Crippen molar-refractivity contribution in [3.05, 3.63) is 47.6 Å². The molecule has 3 fully saturated rings. The highest BCUT2D eigenvalue weighted by Crippen LogP contribution is 2.38. The summed E-state index contributed by atoms with van der Waals surface area (Å²) in [4.78, 5) is 71.6. The van der Waals surface area contributed by atoms with E-state index in [1.807, 2.05) is 51.2 Å². The molecule has 1 saturated carbocycles. The van der Waals surface area contributed by atoms with Crippen molar-refractivity contribution < 1.29 is 62.3 Å². The molecule has 0 aromatic rings. The van der Waals surface area contributed by atoms with Crippen LogP contribution >= 0.6 is 0 Å². The van der Waals surface area contributed by atoms with Crippen molar-refractivity contribution in [2.45, 2.75) is 180 Å². The number of halogens is 1. The number of carbonyl (C=O) groups excluding carboxylic acids is 5. The molecule has 65 heavy (non-hydrogen) atoms. The number of amides is 1. The van der Waals surface area contributed by atoms with E-state index in [9.17, 15) is 34.2 Å². The molecule has 0 spiro atoms. The van der Waals surface area contributed by atoms with Gasteiger partial charge in [0.15, 0.2) is 18.1 Å². The number of hydrogen-bond donors (Lipinski definition) is 2. The Morgan fingerprint density at radius 1 is 0.877 bits per heavy atom.